The largest absolute Gasteiger partial charge is 0.358 e. The van der Waals surface area contributed by atoms with E-state index in [4.69, 9.17) is 0 Å². The topological polar surface area (TPSA) is 6.48 Å². The summed E-state index contributed by atoms with van der Waals surface area (Å²) in [6.07, 6.45) is 14.4. The predicted octanol–water partition coefficient (Wildman–Crippen LogP) is 1.92. The number of hydrogen-bond donors (Lipinski definition) is 0. The molecule has 0 aromatic carbocycles. The minimum atomic E-state index is 1.06. The Labute approximate surface area is 87.9 Å². The smallest absolute Gasteiger partial charge is 0.0705 e. The highest BCUT2D eigenvalue weighted by Crippen LogP contribution is 2.11. The molecule has 1 fully saturated rings. The van der Waals surface area contributed by atoms with Crippen LogP contribution in [-0.4, -0.2) is 36.6 Å². The summed E-state index contributed by atoms with van der Waals surface area (Å²) in [6.45, 7) is 7.54. The summed E-state index contributed by atoms with van der Waals surface area (Å²) in [4.78, 5) is 4.72. The Bertz CT molecular complexity index is 226. The van der Waals surface area contributed by atoms with E-state index in [1.165, 1.54) is 12.2 Å². The monoisotopic (exact) mass is 192 g/mol. The summed E-state index contributed by atoms with van der Waals surface area (Å²) >= 11 is 0. The number of allylic oxidation sites excluding steroid dienone is 3. The zero-order valence-corrected chi connectivity index (χ0v) is 9.40. The van der Waals surface area contributed by atoms with Crippen LogP contribution in [0.3, 0.4) is 0 Å². The van der Waals surface area contributed by atoms with Crippen LogP contribution < -0.4 is 0 Å². The first-order valence-electron chi connectivity index (χ1n) is 4.83. The van der Waals surface area contributed by atoms with E-state index in [-0.39, 0.29) is 0 Å². The molecule has 1 heterocycles. The van der Waals surface area contributed by atoms with E-state index >= 15 is 0 Å². The fourth-order valence-corrected chi connectivity index (χ4v) is 1.49. The van der Waals surface area contributed by atoms with Gasteiger partial charge in [-0.1, -0.05) is 12.2 Å². The van der Waals surface area contributed by atoms with E-state index in [1.54, 1.807) is 0 Å². The maximum absolute atomic E-state index is 4.00. The van der Waals surface area contributed by atoms with Crippen LogP contribution in [0.15, 0.2) is 23.9 Å². The van der Waals surface area contributed by atoms with E-state index in [2.05, 4.69) is 61.8 Å². The van der Waals surface area contributed by atoms with Crippen molar-refractivity contribution >= 4 is 0 Å². The average molecular weight is 192 g/mol. The Hall–Kier alpha value is -1.20. The van der Waals surface area contributed by atoms with Gasteiger partial charge in [0.05, 0.1) is 6.67 Å². The van der Waals surface area contributed by atoms with Gasteiger partial charge in [-0.2, -0.15) is 0 Å². The van der Waals surface area contributed by atoms with Gasteiger partial charge in [-0.25, -0.2) is 0 Å². The summed E-state index contributed by atoms with van der Waals surface area (Å²) in [5.41, 5.74) is 1.34. The second kappa shape index (κ2) is 7.23. The first-order valence-corrected chi connectivity index (χ1v) is 4.83. The Morgan fingerprint density at radius 3 is 2.21 bits per heavy atom. The van der Waals surface area contributed by atoms with Gasteiger partial charge in [0.2, 0.25) is 0 Å². The van der Waals surface area contributed by atoms with Crippen molar-refractivity contribution in [1.29, 1.82) is 0 Å². The molecular formula is C12H20N2. The molecular weight excluding hydrogens is 172 g/mol. The van der Waals surface area contributed by atoms with Crippen molar-refractivity contribution in [1.82, 2.24) is 9.80 Å². The molecule has 0 spiro atoms. The SMILES string of the molecule is C#C.C/C=C\C(=C/C)N1CCN(C)C1. The maximum atomic E-state index is 4.00. The lowest BCUT2D eigenvalue weighted by atomic mass is 10.3. The lowest BCUT2D eigenvalue weighted by molar-refractivity contribution is 0.329. The molecule has 1 rings (SSSR count). The highest BCUT2D eigenvalue weighted by molar-refractivity contribution is 5.16. The van der Waals surface area contributed by atoms with E-state index in [0.717, 1.165) is 13.2 Å². The van der Waals surface area contributed by atoms with Crippen LogP contribution in [0.25, 0.3) is 0 Å². The summed E-state index contributed by atoms with van der Waals surface area (Å²) < 4.78 is 0. The molecule has 1 aliphatic rings. The lowest BCUT2D eigenvalue weighted by Crippen LogP contribution is -2.21. The Kier molecular flexibility index (Phi) is 6.61. The summed E-state index contributed by atoms with van der Waals surface area (Å²) in [6, 6.07) is 0. The number of nitrogens with zero attached hydrogens (tertiary/aromatic N) is 2. The van der Waals surface area contributed by atoms with E-state index in [0.29, 0.717) is 0 Å². The van der Waals surface area contributed by atoms with E-state index < -0.39 is 0 Å². The zero-order chi connectivity index (χ0) is 11.0. The molecule has 0 unspecified atom stereocenters. The van der Waals surface area contributed by atoms with Gasteiger partial charge in [0.15, 0.2) is 0 Å². The van der Waals surface area contributed by atoms with Gasteiger partial charge < -0.3 is 4.90 Å². The van der Waals surface area contributed by atoms with Crippen molar-refractivity contribution in [2.24, 2.45) is 0 Å². The van der Waals surface area contributed by atoms with Crippen LogP contribution in [0.5, 0.6) is 0 Å². The summed E-state index contributed by atoms with van der Waals surface area (Å²) in [5.74, 6) is 0. The van der Waals surface area contributed by atoms with Gasteiger partial charge >= 0.3 is 0 Å². The van der Waals surface area contributed by atoms with Crippen molar-refractivity contribution < 1.29 is 0 Å². The predicted molar refractivity (Wildman–Crippen MR) is 62.7 cm³/mol. The molecule has 0 atom stereocenters. The van der Waals surface area contributed by atoms with Gasteiger partial charge in [0.1, 0.15) is 0 Å². The van der Waals surface area contributed by atoms with Crippen molar-refractivity contribution in [3.05, 3.63) is 23.9 Å². The van der Waals surface area contributed by atoms with E-state index in [1.807, 2.05) is 0 Å². The molecule has 1 saturated heterocycles. The van der Waals surface area contributed by atoms with Crippen LogP contribution in [-0.2, 0) is 0 Å². The molecule has 0 aromatic rings. The average Bonchev–Trinajstić information content (AvgIpc) is 2.64. The van der Waals surface area contributed by atoms with Crippen LogP contribution in [0.1, 0.15) is 13.8 Å². The number of terminal acetylenes is 1. The second-order valence-corrected chi connectivity index (χ2v) is 3.20. The first kappa shape index (κ1) is 12.8. The van der Waals surface area contributed by atoms with Crippen molar-refractivity contribution in [2.45, 2.75) is 13.8 Å². The quantitative estimate of drug-likeness (QED) is 0.487. The van der Waals surface area contributed by atoms with E-state index in [9.17, 15) is 0 Å². The van der Waals surface area contributed by atoms with Crippen LogP contribution in [0.4, 0.5) is 0 Å². The van der Waals surface area contributed by atoms with Gasteiger partial charge in [0, 0.05) is 18.8 Å². The summed E-state index contributed by atoms with van der Waals surface area (Å²) in [5, 5.41) is 0. The van der Waals surface area contributed by atoms with Crippen LogP contribution in [0.2, 0.25) is 0 Å². The Morgan fingerprint density at radius 2 is 1.86 bits per heavy atom. The molecule has 0 aliphatic carbocycles. The molecule has 0 N–H and O–H groups in total. The fourth-order valence-electron chi connectivity index (χ4n) is 1.49. The van der Waals surface area contributed by atoms with Crippen LogP contribution in [0, 0.1) is 12.8 Å². The molecule has 14 heavy (non-hydrogen) atoms. The third kappa shape index (κ3) is 3.68. The molecule has 0 saturated carbocycles. The minimum Gasteiger partial charge on any atom is -0.358 e. The molecule has 1 aliphatic heterocycles. The Morgan fingerprint density at radius 1 is 1.21 bits per heavy atom. The fraction of sp³-hybridized carbons (Fsp3) is 0.500. The number of likely N-dealkylation sites (N-methyl/N-ethyl adjacent to an activating group) is 1. The van der Waals surface area contributed by atoms with Gasteiger partial charge in [-0.15, -0.1) is 12.8 Å². The highest BCUT2D eigenvalue weighted by Gasteiger charge is 2.16. The van der Waals surface area contributed by atoms with Gasteiger partial charge in [-0.05, 0) is 27.0 Å². The third-order valence-corrected chi connectivity index (χ3v) is 2.16. The minimum absolute atomic E-state index is 1.06. The molecule has 0 radical (unpaired) electrons. The van der Waals surface area contributed by atoms with Crippen molar-refractivity contribution in [3.8, 4) is 12.8 Å². The standard InChI is InChI=1S/C10H18N2.C2H2/c1-4-6-10(5-2)12-8-7-11(3)9-12;1-2/h4-6H,7-9H2,1-3H3;1-2H/b6-4-,10-5+;. The van der Waals surface area contributed by atoms with Gasteiger partial charge in [-0.3, -0.25) is 4.90 Å². The number of rotatable bonds is 2. The van der Waals surface area contributed by atoms with Crippen LogP contribution >= 0.6 is 0 Å². The maximum Gasteiger partial charge on any atom is 0.0705 e. The second-order valence-electron chi connectivity index (χ2n) is 3.20. The van der Waals surface area contributed by atoms with Crippen molar-refractivity contribution in [2.75, 3.05) is 26.8 Å². The van der Waals surface area contributed by atoms with Gasteiger partial charge in [0.25, 0.3) is 0 Å². The lowest BCUT2D eigenvalue weighted by Gasteiger charge is -2.18. The Balaban J connectivity index is 0.000000791. The van der Waals surface area contributed by atoms with Crippen molar-refractivity contribution in [3.63, 3.8) is 0 Å². The normalized spacial score (nSPS) is 18.4. The molecule has 2 heteroatoms. The molecule has 78 valence electrons. The molecule has 0 aromatic heterocycles. The zero-order valence-electron chi connectivity index (χ0n) is 9.40. The first-order chi connectivity index (χ1) is 6.77. The summed E-state index contributed by atoms with van der Waals surface area (Å²) in [7, 11) is 2.16. The molecule has 0 bridgehead atoms. The number of hydrogen-bond acceptors (Lipinski definition) is 2. The third-order valence-electron chi connectivity index (χ3n) is 2.16. The molecule has 0 amide bonds. The highest BCUT2D eigenvalue weighted by atomic mass is 15.4. The molecule has 2 nitrogen and oxygen atoms in total.